The monoisotopic (exact) mass is 474 g/mol. The van der Waals surface area contributed by atoms with Gasteiger partial charge in [0.25, 0.3) is 5.69 Å². The van der Waals surface area contributed by atoms with E-state index in [0.717, 1.165) is 11.3 Å². The zero-order valence-electron chi connectivity index (χ0n) is 18.2. The van der Waals surface area contributed by atoms with E-state index in [1.807, 2.05) is 60.7 Å². The van der Waals surface area contributed by atoms with E-state index in [1.165, 1.54) is 36.0 Å². The van der Waals surface area contributed by atoms with Crippen LogP contribution in [0.15, 0.2) is 89.9 Å². The molecule has 1 unspecified atom stereocenters. The minimum absolute atomic E-state index is 0.0316. The number of thioether (sulfide) groups is 1. The molecule has 8 nitrogen and oxygen atoms in total. The van der Waals surface area contributed by atoms with E-state index >= 15 is 0 Å². The Morgan fingerprint density at radius 1 is 1.00 bits per heavy atom. The second-order valence-corrected chi connectivity index (χ2v) is 8.79. The Morgan fingerprint density at radius 3 is 2.29 bits per heavy atom. The first kappa shape index (κ1) is 23.2. The molecule has 9 heteroatoms. The maximum Gasteiger partial charge on any atom is 0.269 e. The number of non-ortho nitro benzene ring substituents is 1. The number of nitro groups is 1. The maximum atomic E-state index is 13.2. The van der Waals surface area contributed by atoms with Crippen LogP contribution in [0.2, 0.25) is 0 Å². The summed E-state index contributed by atoms with van der Waals surface area (Å²) in [6.07, 6.45) is 0.638. The van der Waals surface area contributed by atoms with Crippen molar-refractivity contribution in [1.29, 1.82) is 0 Å². The Bertz CT molecular complexity index is 1200. The summed E-state index contributed by atoms with van der Waals surface area (Å²) in [6.45, 7) is 0.460. The van der Waals surface area contributed by atoms with Crippen LogP contribution in [0.1, 0.15) is 12.0 Å². The Kier molecular flexibility index (Phi) is 7.34. The molecular weight excluding hydrogens is 452 g/mol. The number of carbonyl (C=O) groups excluding carboxylic acids is 2. The Labute approximate surface area is 200 Å². The number of nitrogens with one attached hydrogen (secondary N) is 1. The fraction of sp³-hybridized carbons (Fsp3) is 0.160. The molecule has 34 heavy (non-hydrogen) atoms. The lowest BCUT2D eigenvalue weighted by Gasteiger charge is -2.16. The van der Waals surface area contributed by atoms with Gasteiger partial charge in [0.15, 0.2) is 5.17 Å². The van der Waals surface area contributed by atoms with Gasteiger partial charge in [0.2, 0.25) is 11.8 Å². The first-order chi connectivity index (χ1) is 16.5. The normalized spacial score (nSPS) is 16.6. The Hall–Kier alpha value is -3.98. The molecule has 0 bridgehead atoms. The van der Waals surface area contributed by atoms with Crippen LogP contribution in [0.4, 0.5) is 17.1 Å². The van der Waals surface area contributed by atoms with Gasteiger partial charge < -0.3 is 5.32 Å². The summed E-state index contributed by atoms with van der Waals surface area (Å²) < 4.78 is 0. The summed E-state index contributed by atoms with van der Waals surface area (Å²) in [4.78, 5) is 42.4. The summed E-state index contributed by atoms with van der Waals surface area (Å²) in [5.41, 5.74) is 2.22. The fourth-order valence-electron chi connectivity index (χ4n) is 3.48. The number of carbonyl (C=O) groups is 2. The largest absolute Gasteiger partial charge is 0.326 e. The molecule has 3 aromatic carbocycles. The van der Waals surface area contributed by atoms with Gasteiger partial charge in [-0.05, 0) is 36.2 Å². The molecule has 172 valence electrons. The number of nitrogens with zero attached hydrogens (tertiary/aromatic N) is 3. The molecule has 2 amide bonds. The van der Waals surface area contributed by atoms with Gasteiger partial charge in [0.05, 0.1) is 10.6 Å². The fourth-order valence-corrected chi connectivity index (χ4v) is 4.66. The average Bonchev–Trinajstić information content (AvgIpc) is 3.12. The molecular formula is C25H22N4O4S. The van der Waals surface area contributed by atoms with Crippen molar-refractivity contribution in [2.45, 2.75) is 18.1 Å². The number of amides is 2. The minimum atomic E-state index is -0.601. The van der Waals surface area contributed by atoms with Crippen molar-refractivity contribution in [3.05, 3.63) is 101 Å². The lowest BCUT2D eigenvalue weighted by Crippen LogP contribution is -2.35. The number of hydrogen-bond donors (Lipinski definition) is 1. The highest BCUT2D eigenvalue weighted by Crippen LogP contribution is 2.32. The van der Waals surface area contributed by atoms with Crippen LogP contribution in [0, 0.1) is 10.1 Å². The molecule has 0 radical (unpaired) electrons. The van der Waals surface area contributed by atoms with Gasteiger partial charge in [-0.15, -0.1) is 0 Å². The lowest BCUT2D eigenvalue weighted by atomic mass is 10.1. The number of aliphatic imine (C=N–C) groups is 1. The van der Waals surface area contributed by atoms with Crippen molar-refractivity contribution in [2.75, 3.05) is 11.9 Å². The quantitative estimate of drug-likeness (QED) is 0.373. The summed E-state index contributed by atoms with van der Waals surface area (Å²) in [5, 5.41) is 13.5. The van der Waals surface area contributed by atoms with Gasteiger partial charge >= 0.3 is 0 Å². The number of hydrogen-bond acceptors (Lipinski definition) is 6. The molecule has 0 spiro atoms. The van der Waals surface area contributed by atoms with E-state index in [-0.39, 0.29) is 23.9 Å². The molecule has 1 saturated heterocycles. The Balaban J connectivity index is 1.46. The third-order valence-corrected chi connectivity index (χ3v) is 6.38. The van der Waals surface area contributed by atoms with Gasteiger partial charge in [0.1, 0.15) is 5.25 Å². The smallest absolute Gasteiger partial charge is 0.269 e. The highest BCUT2D eigenvalue weighted by Gasteiger charge is 2.39. The number of rotatable bonds is 8. The van der Waals surface area contributed by atoms with Crippen molar-refractivity contribution in [1.82, 2.24) is 4.90 Å². The zero-order valence-corrected chi connectivity index (χ0v) is 19.0. The van der Waals surface area contributed by atoms with E-state index < -0.39 is 10.2 Å². The van der Waals surface area contributed by atoms with Crippen molar-refractivity contribution in [3.8, 4) is 0 Å². The molecule has 0 aromatic heterocycles. The Morgan fingerprint density at radius 2 is 1.65 bits per heavy atom. The number of para-hydroxylation sites is 1. The number of amidine groups is 1. The molecule has 1 heterocycles. The van der Waals surface area contributed by atoms with Crippen LogP contribution in [-0.4, -0.2) is 38.6 Å². The predicted octanol–water partition coefficient (Wildman–Crippen LogP) is 4.80. The topological polar surface area (TPSA) is 105 Å². The summed E-state index contributed by atoms with van der Waals surface area (Å²) in [6, 6.07) is 24.8. The summed E-state index contributed by atoms with van der Waals surface area (Å²) >= 11 is 1.28. The van der Waals surface area contributed by atoms with Gasteiger partial charge in [-0.1, -0.05) is 60.3 Å². The average molecular weight is 475 g/mol. The molecule has 0 saturated carbocycles. The molecule has 1 aliphatic heterocycles. The number of benzene rings is 3. The predicted molar refractivity (Wildman–Crippen MR) is 133 cm³/mol. The molecule has 4 rings (SSSR count). The lowest BCUT2D eigenvalue weighted by molar-refractivity contribution is -0.384. The summed E-state index contributed by atoms with van der Waals surface area (Å²) in [7, 11) is 0. The summed E-state index contributed by atoms with van der Waals surface area (Å²) in [5.74, 6) is -0.502. The van der Waals surface area contributed by atoms with E-state index in [0.29, 0.717) is 23.8 Å². The first-order valence-electron chi connectivity index (χ1n) is 10.7. The zero-order chi connectivity index (χ0) is 23.9. The maximum absolute atomic E-state index is 13.2. The molecule has 1 N–H and O–H groups in total. The first-order valence-corrected chi connectivity index (χ1v) is 11.6. The standard InChI is InChI=1S/C25H22N4O4S/c30-23(26-20-11-13-21(14-12-20)29(32)33)17-22-24(31)28(16-15-18-7-3-1-4-8-18)25(34-22)27-19-9-5-2-6-10-19/h1-14,22H,15-17H2,(H,26,30). The third kappa shape index (κ3) is 5.87. The van der Waals surface area contributed by atoms with Crippen LogP contribution < -0.4 is 5.32 Å². The van der Waals surface area contributed by atoms with Crippen molar-refractivity contribution < 1.29 is 14.5 Å². The second kappa shape index (κ2) is 10.8. The van der Waals surface area contributed by atoms with Crippen molar-refractivity contribution in [2.24, 2.45) is 4.99 Å². The van der Waals surface area contributed by atoms with Gasteiger partial charge in [-0.3, -0.25) is 24.6 Å². The van der Waals surface area contributed by atoms with E-state index in [9.17, 15) is 19.7 Å². The number of anilines is 1. The van der Waals surface area contributed by atoms with Crippen LogP contribution in [0.3, 0.4) is 0 Å². The SMILES string of the molecule is O=C(CC1SC(=Nc2ccccc2)N(CCc2ccccc2)C1=O)Nc1ccc([N+](=O)[O-])cc1. The second-order valence-electron chi connectivity index (χ2n) is 7.62. The highest BCUT2D eigenvalue weighted by molar-refractivity contribution is 8.15. The van der Waals surface area contributed by atoms with Crippen LogP contribution in [0.5, 0.6) is 0 Å². The number of nitro benzene ring substituents is 1. The van der Waals surface area contributed by atoms with E-state index in [4.69, 9.17) is 0 Å². The van der Waals surface area contributed by atoms with Crippen LogP contribution >= 0.6 is 11.8 Å². The third-order valence-electron chi connectivity index (χ3n) is 5.20. The van der Waals surface area contributed by atoms with Crippen molar-refractivity contribution in [3.63, 3.8) is 0 Å². The molecule has 0 aliphatic carbocycles. The van der Waals surface area contributed by atoms with Crippen LogP contribution in [0.25, 0.3) is 0 Å². The van der Waals surface area contributed by atoms with Gasteiger partial charge in [-0.2, -0.15) is 0 Å². The minimum Gasteiger partial charge on any atom is -0.326 e. The van der Waals surface area contributed by atoms with Crippen LogP contribution in [-0.2, 0) is 16.0 Å². The van der Waals surface area contributed by atoms with Gasteiger partial charge in [0, 0.05) is 30.8 Å². The highest BCUT2D eigenvalue weighted by atomic mass is 32.2. The molecule has 1 fully saturated rings. The molecule has 1 aliphatic rings. The molecule has 1 atom stereocenters. The van der Waals surface area contributed by atoms with Crippen molar-refractivity contribution >= 4 is 45.8 Å². The van der Waals surface area contributed by atoms with E-state index in [1.54, 1.807) is 4.90 Å². The molecule has 3 aromatic rings. The van der Waals surface area contributed by atoms with E-state index in [2.05, 4.69) is 10.3 Å². The van der Waals surface area contributed by atoms with Gasteiger partial charge in [-0.25, -0.2) is 4.99 Å².